The lowest BCUT2D eigenvalue weighted by Crippen LogP contribution is -2.37. The molecule has 35 heavy (non-hydrogen) atoms. The monoisotopic (exact) mass is 624 g/mol. The van der Waals surface area contributed by atoms with Crippen LogP contribution in [0, 0.1) is 3.57 Å². The number of likely N-dealkylation sites (tertiary alicyclic amines) is 1. The van der Waals surface area contributed by atoms with Gasteiger partial charge in [0.25, 0.3) is 0 Å². The third-order valence-electron chi connectivity index (χ3n) is 6.05. The fraction of sp³-hybridized carbons (Fsp3) is 0.423. The summed E-state index contributed by atoms with van der Waals surface area (Å²) in [5.74, 6) is 1.17. The highest BCUT2D eigenvalue weighted by atomic mass is 127. The Morgan fingerprint density at radius 3 is 2.46 bits per heavy atom. The topological polar surface area (TPSA) is 68.7 Å². The number of carbonyl (C=O) groups is 2. The first-order valence-corrected chi connectivity index (χ1v) is 15.3. The summed E-state index contributed by atoms with van der Waals surface area (Å²) in [5.41, 5.74) is 7.70. The van der Waals surface area contributed by atoms with Crippen LogP contribution in [0.25, 0.3) is 5.57 Å². The molecule has 0 N–H and O–H groups in total. The van der Waals surface area contributed by atoms with Crippen molar-refractivity contribution in [2.24, 2.45) is 0 Å². The van der Waals surface area contributed by atoms with E-state index in [-0.39, 0.29) is 12.1 Å². The Labute approximate surface area is 228 Å². The molecule has 1 saturated heterocycles. The van der Waals surface area contributed by atoms with E-state index in [2.05, 4.69) is 46.9 Å². The molecule has 0 saturated carbocycles. The van der Waals surface area contributed by atoms with Gasteiger partial charge in [0.1, 0.15) is 13.2 Å². The van der Waals surface area contributed by atoms with Crippen molar-refractivity contribution in [2.45, 2.75) is 32.6 Å². The van der Waals surface area contributed by atoms with Gasteiger partial charge in [-0.05, 0) is 83.2 Å². The van der Waals surface area contributed by atoms with Crippen LogP contribution in [0.3, 0.4) is 0 Å². The zero-order valence-electron chi connectivity index (χ0n) is 19.8. The van der Waals surface area contributed by atoms with Crippen LogP contribution in [0.1, 0.15) is 42.1 Å². The van der Waals surface area contributed by atoms with Gasteiger partial charge in [-0.3, -0.25) is 9.78 Å². The number of piperidine rings is 1. The van der Waals surface area contributed by atoms with E-state index >= 15 is 0 Å². The van der Waals surface area contributed by atoms with Gasteiger partial charge in [-0.25, -0.2) is 4.79 Å². The van der Waals surface area contributed by atoms with Crippen LogP contribution < -0.4 is 0 Å². The van der Waals surface area contributed by atoms with Crippen molar-refractivity contribution in [3.05, 3.63) is 68.1 Å². The number of amides is 1. The molecule has 1 aromatic carbocycles. The number of ether oxygens (including phenoxy) is 2. The van der Waals surface area contributed by atoms with Crippen LogP contribution in [-0.4, -0.2) is 59.8 Å². The highest BCUT2D eigenvalue weighted by molar-refractivity contribution is 14.1. The number of nitrogens with zero attached hydrogens (tertiary/aromatic N) is 2. The summed E-state index contributed by atoms with van der Waals surface area (Å²) in [4.78, 5) is 29.9. The zero-order chi connectivity index (χ0) is 24.6. The van der Waals surface area contributed by atoms with E-state index in [0.717, 1.165) is 37.1 Å². The van der Waals surface area contributed by atoms with E-state index in [0.29, 0.717) is 32.1 Å². The maximum Gasteiger partial charge on any atom is 0.409 e. The molecule has 2 aromatic rings. The highest BCUT2D eigenvalue weighted by Gasteiger charge is 2.27. The Balaban J connectivity index is 1.35. The van der Waals surface area contributed by atoms with Gasteiger partial charge < -0.3 is 14.4 Å². The van der Waals surface area contributed by atoms with Crippen LogP contribution in [-0.2, 0) is 27.1 Å². The first-order valence-electron chi connectivity index (χ1n) is 11.8. The van der Waals surface area contributed by atoms with E-state index in [1.54, 1.807) is 21.6 Å². The number of pyridine rings is 1. The van der Waals surface area contributed by atoms with E-state index in [1.807, 2.05) is 17.2 Å². The van der Waals surface area contributed by atoms with Gasteiger partial charge in [0.05, 0.1) is 5.69 Å². The first kappa shape index (κ1) is 26.3. The summed E-state index contributed by atoms with van der Waals surface area (Å²) >= 11 is 2.38. The maximum atomic E-state index is 12.6. The Morgan fingerprint density at radius 1 is 1.00 bits per heavy atom. The summed E-state index contributed by atoms with van der Waals surface area (Å²) in [5, 5.41) is 0. The van der Waals surface area contributed by atoms with Crippen molar-refractivity contribution in [1.29, 1.82) is 0 Å². The summed E-state index contributed by atoms with van der Waals surface area (Å²) in [6, 6.07) is 10.9. The Morgan fingerprint density at radius 2 is 1.71 bits per heavy atom. The number of rotatable bonds is 7. The normalized spacial score (nSPS) is 15.2. The largest absolute Gasteiger partial charge is 0.465 e. The summed E-state index contributed by atoms with van der Waals surface area (Å²) in [6.45, 7) is 3.50. The summed E-state index contributed by atoms with van der Waals surface area (Å²) < 4.78 is 11.6. The van der Waals surface area contributed by atoms with Gasteiger partial charge in [-0.1, -0.05) is 39.3 Å². The van der Waals surface area contributed by atoms with Crippen LogP contribution in [0.2, 0.25) is 0 Å². The highest BCUT2D eigenvalue weighted by Crippen LogP contribution is 2.38. The van der Waals surface area contributed by atoms with Gasteiger partial charge in [0, 0.05) is 46.9 Å². The molecule has 9 heteroatoms. The second kappa shape index (κ2) is 13.0. The molecule has 186 valence electrons. The molecular weight excluding hydrogens is 595 g/mol. The molecule has 0 spiro atoms. The second-order valence-corrected chi connectivity index (χ2v) is 12.3. The Bertz CT molecular complexity index is 1100. The maximum absolute atomic E-state index is 12.6. The SMILES string of the molecule is CC(=O)OCCSSCCOC(=O)N1CCC(=C2c3ccc(I)cc3CCc3cccnc32)CC1. The van der Waals surface area contributed by atoms with Crippen LogP contribution in [0.5, 0.6) is 0 Å². The average Bonchev–Trinajstić information content (AvgIpc) is 3.02. The number of hydrogen-bond donors (Lipinski definition) is 0. The number of carbonyl (C=O) groups excluding carboxylic acids is 2. The number of esters is 1. The quantitative estimate of drug-likeness (QED) is 0.168. The predicted molar refractivity (Wildman–Crippen MR) is 151 cm³/mol. The minimum absolute atomic E-state index is 0.242. The van der Waals surface area contributed by atoms with Gasteiger partial charge in [-0.2, -0.15) is 0 Å². The lowest BCUT2D eigenvalue weighted by atomic mass is 9.88. The number of benzene rings is 1. The molecule has 1 aliphatic heterocycles. The van der Waals surface area contributed by atoms with Gasteiger partial charge in [0.15, 0.2) is 0 Å². The third kappa shape index (κ3) is 7.16. The molecular formula is C26H29IN2O4S2. The van der Waals surface area contributed by atoms with Crippen molar-refractivity contribution < 1.29 is 19.1 Å². The van der Waals surface area contributed by atoms with Gasteiger partial charge >= 0.3 is 12.1 Å². The van der Waals surface area contributed by atoms with Crippen LogP contribution in [0.4, 0.5) is 4.79 Å². The van der Waals surface area contributed by atoms with Crippen molar-refractivity contribution in [3.63, 3.8) is 0 Å². The molecule has 0 atom stereocenters. The van der Waals surface area contributed by atoms with Crippen molar-refractivity contribution in [2.75, 3.05) is 37.8 Å². The van der Waals surface area contributed by atoms with Crippen molar-refractivity contribution in [3.8, 4) is 0 Å². The van der Waals surface area contributed by atoms with E-state index < -0.39 is 0 Å². The molecule has 0 unspecified atom stereocenters. The molecule has 1 amide bonds. The summed E-state index contributed by atoms with van der Waals surface area (Å²) in [6.07, 6.45) is 5.30. The van der Waals surface area contributed by atoms with E-state index in [4.69, 9.17) is 14.5 Å². The number of aryl methyl sites for hydroxylation is 2. The van der Waals surface area contributed by atoms with Crippen molar-refractivity contribution in [1.82, 2.24) is 9.88 Å². The second-order valence-electron chi connectivity index (χ2n) is 8.38. The number of hydrogen-bond acceptors (Lipinski definition) is 7. The minimum Gasteiger partial charge on any atom is -0.465 e. The van der Waals surface area contributed by atoms with Gasteiger partial charge in [-0.15, -0.1) is 0 Å². The predicted octanol–water partition coefficient (Wildman–Crippen LogP) is 5.76. The molecule has 1 fully saturated rings. The van der Waals surface area contributed by atoms with Crippen molar-refractivity contribution >= 4 is 61.8 Å². The fourth-order valence-electron chi connectivity index (χ4n) is 4.43. The molecule has 0 bridgehead atoms. The Hall–Kier alpha value is -1.72. The van der Waals surface area contributed by atoms with Gasteiger partial charge in [0.2, 0.25) is 0 Å². The van der Waals surface area contributed by atoms with Crippen LogP contribution >= 0.6 is 44.2 Å². The molecule has 0 radical (unpaired) electrons. The Kier molecular flexibility index (Phi) is 9.79. The zero-order valence-corrected chi connectivity index (χ0v) is 23.5. The van der Waals surface area contributed by atoms with Crippen LogP contribution in [0.15, 0.2) is 42.1 Å². The molecule has 2 heterocycles. The summed E-state index contributed by atoms with van der Waals surface area (Å²) in [7, 11) is 3.23. The standard InChI is InChI=1S/C26H29IN2O4S2/c1-18(30)32-13-15-34-35-16-14-33-26(31)29-11-8-19(9-12-29)24-23-7-6-22(27)17-21(23)5-4-20-3-2-10-28-25(20)24/h2-3,6-7,10,17H,4-5,8-9,11-16H2,1H3. The molecule has 6 nitrogen and oxygen atoms in total. The van der Waals surface area contributed by atoms with E-state index in [9.17, 15) is 9.59 Å². The smallest absolute Gasteiger partial charge is 0.409 e. The minimum atomic E-state index is -0.261. The number of fused-ring (bicyclic) bond motifs is 2. The number of halogens is 1. The third-order valence-corrected chi connectivity index (χ3v) is 9.06. The lowest BCUT2D eigenvalue weighted by molar-refractivity contribution is -0.140. The fourth-order valence-corrected chi connectivity index (χ4v) is 6.64. The lowest BCUT2D eigenvalue weighted by Gasteiger charge is -2.29. The average molecular weight is 625 g/mol. The molecule has 1 aromatic heterocycles. The van der Waals surface area contributed by atoms with E-state index in [1.165, 1.54) is 38.3 Å². The first-order chi connectivity index (χ1) is 17.0. The molecule has 4 rings (SSSR count). The molecule has 1 aliphatic carbocycles. The molecule has 2 aliphatic rings. The number of aromatic nitrogens is 1.